The number of dihydropyridines is 1. The summed E-state index contributed by atoms with van der Waals surface area (Å²) < 4.78 is 0. The molecule has 0 radical (unpaired) electrons. The molecule has 1 rings (SSSR count). The standard InChI is InChI=1S/C8H9ClN2/c1-5-3-6(2)11-8(9)7(5)4-10/h3,8,11H,1-2H3. The smallest absolute Gasteiger partial charge is 0.137 e. The number of nitrogens with one attached hydrogen (secondary N) is 1. The van der Waals surface area contributed by atoms with Crippen LogP contribution in [0.15, 0.2) is 22.9 Å². The van der Waals surface area contributed by atoms with E-state index in [2.05, 4.69) is 11.4 Å². The Morgan fingerprint density at radius 3 is 2.73 bits per heavy atom. The monoisotopic (exact) mass is 168 g/mol. The molecule has 11 heavy (non-hydrogen) atoms. The fourth-order valence-corrected chi connectivity index (χ4v) is 1.45. The van der Waals surface area contributed by atoms with Gasteiger partial charge in [0.1, 0.15) is 5.50 Å². The molecule has 0 aromatic rings. The summed E-state index contributed by atoms with van der Waals surface area (Å²) in [6.07, 6.45) is 1.91. The lowest BCUT2D eigenvalue weighted by atomic mass is 10.1. The molecule has 1 aliphatic heterocycles. The molecule has 0 aromatic heterocycles. The summed E-state index contributed by atoms with van der Waals surface area (Å²) in [7, 11) is 0. The minimum Gasteiger partial charge on any atom is -0.369 e. The predicted octanol–water partition coefficient (Wildman–Crippen LogP) is 1.90. The van der Waals surface area contributed by atoms with Crippen LogP contribution in [0.5, 0.6) is 0 Å². The third kappa shape index (κ3) is 1.55. The topological polar surface area (TPSA) is 35.8 Å². The van der Waals surface area contributed by atoms with Crippen molar-refractivity contribution >= 4 is 11.6 Å². The van der Waals surface area contributed by atoms with Gasteiger partial charge in [0.2, 0.25) is 0 Å². The van der Waals surface area contributed by atoms with Crippen LogP contribution in [0, 0.1) is 11.3 Å². The van der Waals surface area contributed by atoms with Gasteiger partial charge in [0.15, 0.2) is 0 Å². The lowest BCUT2D eigenvalue weighted by Crippen LogP contribution is -2.27. The van der Waals surface area contributed by atoms with E-state index in [1.54, 1.807) is 0 Å². The number of nitrogens with zero attached hydrogens (tertiary/aromatic N) is 1. The SMILES string of the molecule is CC1=CC(C)=C(C#N)C(Cl)N1. The Morgan fingerprint density at radius 2 is 2.27 bits per heavy atom. The van der Waals surface area contributed by atoms with Crippen LogP contribution < -0.4 is 5.32 Å². The van der Waals surface area contributed by atoms with Gasteiger partial charge >= 0.3 is 0 Å². The minimum atomic E-state index is -0.356. The Hall–Kier alpha value is -0.940. The molecule has 1 aliphatic rings. The first-order valence-corrected chi connectivity index (χ1v) is 3.78. The maximum Gasteiger partial charge on any atom is 0.137 e. The zero-order valence-electron chi connectivity index (χ0n) is 6.48. The highest BCUT2D eigenvalue weighted by Gasteiger charge is 2.16. The van der Waals surface area contributed by atoms with Crippen LogP contribution in [-0.4, -0.2) is 5.50 Å². The van der Waals surface area contributed by atoms with Crippen molar-refractivity contribution in [1.82, 2.24) is 5.32 Å². The Bertz CT molecular complexity index is 270. The molecule has 0 amide bonds. The van der Waals surface area contributed by atoms with E-state index in [-0.39, 0.29) is 5.50 Å². The molecule has 1 heterocycles. The van der Waals surface area contributed by atoms with Crippen molar-refractivity contribution in [2.75, 3.05) is 0 Å². The Balaban J connectivity index is 3.04. The van der Waals surface area contributed by atoms with Gasteiger partial charge in [-0.05, 0) is 25.5 Å². The van der Waals surface area contributed by atoms with E-state index in [0.717, 1.165) is 11.3 Å². The van der Waals surface area contributed by atoms with Crippen molar-refractivity contribution < 1.29 is 0 Å². The second kappa shape index (κ2) is 2.98. The summed E-state index contributed by atoms with van der Waals surface area (Å²) >= 11 is 5.84. The van der Waals surface area contributed by atoms with E-state index in [0.29, 0.717) is 5.57 Å². The van der Waals surface area contributed by atoms with Crippen LogP contribution in [-0.2, 0) is 0 Å². The summed E-state index contributed by atoms with van der Waals surface area (Å²) in [6.45, 7) is 3.81. The second-order valence-electron chi connectivity index (χ2n) is 2.54. The van der Waals surface area contributed by atoms with Crippen molar-refractivity contribution in [3.05, 3.63) is 22.9 Å². The number of hydrogen-bond acceptors (Lipinski definition) is 2. The first kappa shape index (κ1) is 8.16. The fraction of sp³-hybridized carbons (Fsp3) is 0.375. The molecule has 1 unspecified atom stereocenters. The number of halogens is 1. The lowest BCUT2D eigenvalue weighted by Gasteiger charge is -2.18. The molecule has 0 bridgehead atoms. The summed E-state index contributed by atoms with van der Waals surface area (Å²) in [5, 5.41) is 11.6. The highest BCUT2D eigenvalue weighted by Crippen LogP contribution is 2.19. The lowest BCUT2D eigenvalue weighted by molar-refractivity contribution is 0.801. The first-order chi connectivity index (χ1) is 5.15. The molecule has 2 nitrogen and oxygen atoms in total. The Labute approximate surface area is 71.2 Å². The molecule has 0 spiro atoms. The van der Waals surface area contributed by atoms with Crippen LogP contribution >= 0.6 is 11.6 Å². The molecule has 58 valence electrons. The minimum absolute atomic E-state index is 0.356. The summed E-state index contributed by atoms with van der Waals surface area (Å²) in [6, 6.07) is 2.06. The van der Waals surface area contributed by atoms with E-state index < -0.39 is 0 Å². The van der Waals surface area contributed by atoms with E-state index in [1.807, 2.05) is 19.9 Å². The number of nitriles is 1. The van der Waals surface area contributed by atoms with Gasteiger partial charge < -0.3 is 5.32 Å². The van der Waals surface area contributed by atoms with Gasteiger partial charge in [-0.15, -0.1) is 0 Å². The van der Waals surface area contributed by atoms with Crippen molar-refractivity contribution in [2.24, 2.45) is 0 Å². The number of alkyl halides is 1. The maximum absolute atomic E-state index is 8.66. The molecule has 0 saturated carbocycles. The van der Waals surface area contributed by atoms with Crippen molar-refractivity contribution in [3.63, 3.8) is 0 Å². The van der Waals surface area contributed by atoms with Gasteiger partial charge in [0.05, 0.1) is 11.6 Å². The largest absolute Gasteiger partial charge is 0.369 e. The molecule has 0 aromatic carbocycles. The van der Waals surface area contributed by atoms with Gasteiger partial charge in [-0.3, -0.25) is 0 Å². The molecular formula is C8H9ClN2. The van der Waals surface area contributed by atoms with E-state index >= 15 is 0 Å². The van der Waals surface area contributed by atoms with Gasteiger partial charge in [-0.2, -0.15) is 5.26 Å². The molecule has 0 fully saturated rings. The molecule has 1 atom stereocenters. The Morgan fingerprint density at radius 1 is 1.64 bits per heavy atom. The number of rotatable bonds is 0. The fourth-order valence-electron chi connectivity index (χ4n) is 1.06. The zero-order valence-corrected chi connectivity index (χ0v) is 7.24. The zero-order chi connectivity index (χ0) is 8.43. The summed E-state index contributed by atoms with van der Waals surface area (Å²) in [5.41, 5.74) is 2.20. The normalized spacial score (nSPS) is 23.8. The third-order valence-electron chi connectivity index (χ3n) is 1.59. The summed E-state index contributed by atoms with van der Waals surface area (Å²) in [4.78, 5) is 0. The molecular weight excluding hydrogens is 160 g/mol. The van der Waals surface area contributed by atoms with Crippen LogP contribution in [0.2, 0.25) is 0 Å². The molecule has 3 heteroatoms. The van der Waals surface area contributed by atoms with Crippen molar-refractivity contribution in [1.29, 1.82) is 5.26 Å². The van der Waals surface area contributed by atoms with Crippen molar-refractivity contribution in [3.8, 4) is 6.07 Å². The average molecular weight is 169 g/mol. The predicted molar refractivity (Wildman–Crippen MR) is 44.8 cm³/mol. The van der Waals surface area contributed by atoms with Crippen LogP contribution in [0.3, 0.4) is 0 Å². The number of hydrogen-bond donors (Lipinski definition) is 1. The maximum atomic E-state index is 8.66. The van der Waals surface area contributed by atoms with Gasteiger partial charge in [-0.25, -0.2) is 0 Å². The van der Waals surface area contributed by atoms with Gasteiger partial charge in [0, 0.05) is 5.70 Å². The van der Waals surface area contributed by atoms with E-state index in [9.17, 15) is 0 Å². The van der Waals surface area contributed by atoms with Crippen LogP contribution in [0.1, 0.15) is 13.8 Å². The molecule has 0 aliphatic carbocycles. The van der Waals surface area contributed by atoms with Crippen molar-refractivity contribution in [2.45, 2.75) is 19.3 Å². The van der Waals surface area contributed by atoms with Gasteiger partial charge in [0.25, 0.3) is 0 Å². The summed E-state index contributed by atoms with van der Waals surface area (Å²) in [5.74, 6) is 0. The quantitative estimate of drug-likeness (QED) is 0.443. The first-order valence-electron chi connectivity index (χ1n) is 3.35. The van der Waals surface area contributed by atoms with Gasteiger partial charge in [-0.1, -0.05) is 11.6 Å². The highest BCUT2D eigenvalue weighted by atomic mass is 35.5. The third-order valence-corrected chi connectivity index (χ3v) is 1.91. The number of allylic oxidation sites excluding steroid dienone is 3. The van der Waals surface area contributed by atoms with E-state index in [1.165, 1.54) is 0 Å². The van der Waals surface area contributed by atoms with E-state index in [4.69, 9.17) is 16.9 Å². The van der Waals surface area contributed by atoms with Crippen LogP contribution in [0.25, 0.3) is 0 Å². The molecule has 1 N–H and O–H groups in total. The molecule has 0 saturated heterocycles. The highest BCUT2D eigenvalue weighted by molar-refractivity contribution is 6.22. The Kier molecular flexibility index (Phi) is 2.21. The second-order valence-corrected chi connectivity index (χ2v) is 2.98. The van der Waals surface area contributed by atoms with Crippen LogP contribution in [0.4, 0.5) is 0 Å². The average Bonchev–Trinajstić information content (AvgIpc) is 1.85.